The van der Waals surface area contributed by atoms with Gasteiger partial charge in [-0.05, 0) is 13.0 Å². The zero-order valence-corrected chi connectivity index (χ0v) is 13.0. The Hall–Kier alpha value is -1.79. The van der Waals surface area contributed by atoms with Gasteiger partial charge in [0.1, 0.15) is 10.7 Å². The van der Waals surface area contributed by atoms with Crippen molar-refractivity contribution in [1.82, 2.24) is 14.1 Å². The zero-order valence-electron chi connectivity index (χ0n) is 11.4. The van der Waals surface area contributed by atoms with Gasteiger partial charge >= 0.3 is 0 Å². The minimum absolute atomic E-state index is 0.134. The number of aryl methyl sites for hydroxylation is 1. The highest BCUT2D eigenvalue weighted by molar-refractivity contribution is 8.14. The molecule has 0 fully saturated rings. The molecular formula is C14H14ClN3O2S. The maximum atomic E-state index is 11.7. The summed E-state index contributed by atoms with van der Waals surface area (Å²) in [5.74, 6) is 0.872. The summed E-state index contributed by atoms with van der Waals surface area (Å²) >= 11 is 0. The average Bonchev–Trinajstić information content (AvgIpc) is 3.03. The van der Waals surface area contributed by atoms with E-state index in [2.05, 4.69) is 4.98 Å². The van der Waals surface area contributed by atoms with Crippen LogP contribution in [0.2, 0.25) is 0 Å². The van der Waals surface area contributed by atoms with E-state index < -0.39 is 9.05 Å². The molecule has 0 atom stereocenters. The van der Waals surface area contributed by atoms with Gasteiger partial charge in [-0.25, -0.2) is 13.4 Å². The van der Waals surface area contributed by atoms with Crippen molar-refractivity contribution >= 4 is 30.6 Å². The third-order valence-electron chi connectivity index (χ3n) is 3.47. The third-order valence-corrected chi connectivity index (χ3v) is 4.82. The molecule has 3 rings (SSSR count). The van der Waals surface area contributed by atoms with Crippen LogP contribution in [0.15, 0.2) is 47.8 Å². The van der Waals surface area contributed by atoms with Gasteiger partial charge in [0.15, 0.2) is 0 Å². The van der Waals surface area contributed by atoms with Crippen LogP contribution in [0.3, 0.4) is 0 Å². The Bertz CT molecular complexity index is 896. The quantitative estimate of drug-likeness (QED) is 0.694. The Morgan fingerprint density at radius 2 is 2.00 bits per heavy atom. The predicted octanol–water partition coefficient (Wildman–Crippen LogP) is 2.83. The second-order valence-corrected chi connectivity index (χ2v) is 7.24. The molecule has 0 aliphatic carbocycles. The van der Waals surface area contributed by atoms with Crippen LogP contribution < -0.4 is 0 Å². The van der Waals surface area contributed by atoms with E-state index in [1.807, 2.05) is 34.4 Å². The molecule has 0 unspecified atom stereocenters. The van der Waals surface area contributed by atoms with E-state index in [0.717, 1.165) is 17.9 Å². The largest absolute Gasteiger partial charge is 0.338 e. The van der Waals surface area contributed by atoms with Crippen molar-refractivity contribution in [2.75, 3.05) is 0 Å². The van der Waals surface area contributed by atoms with Crippen molar-refractivity contribution in [3.05, 3.63) is 48.7 Å². The van der Waals surface area contributed by atoms with Crippen LogP contribution in [0.4, 0.5) is 0 Å². The van der Waals surface area contributed by atoms with Crippen LogP contribution in [0.5, 0.6) is 0 Å². The summed E-state index contributed by atoms with van der Waals surface area (Å²) < 4.78 is 27.3. The summed E-state index contributed by atoms with van der Waals surface area (Å²) in [4.78, 5) is 4.45. The van der Waals surface area contributed by atoms with Gasteiger partial charge in [-0.15, -0.1) is 0 Å². The van der Waals surface area contributed by atoms with E-state index in [1.54, 1.807) is 24.5 Å². The molecule has 0 aliphatic rings. The summed E-state index contributed by atoms with van der Waals surface area (Å²) in [6.07, 6.45) is 5.21. The standard InChI is InChI=1S/C14H14ClN3O2S/c1-2-17-8-7-16-14(17)10-18-9-13(21(15,19)20)11-5-3-4-6-12(11)18/h3-9H,2,10H2,1H3. The number of nitrogens with zero attached hydrogens (tertiary/aromatic N) is 3. The molecule has 1 aromatic carbocycles. The van der Waals surface area contributed by atoms with Crippen LogP contribution in [-0.2, 0) is 22.1 Å². The van der Waals surface area contributed by atoms with Crippen molar-refractivity contribution < 1.29 is 8.42 Å². The number of hydrogen-bond acceptors (Lipinski definition) is 3. The van der Waals surface area contributed by atoms with Gasteiger partial charge in [0.2, 0.25) is 0 Å². The first-order valence-electron chi connectivity index (χ1n) is 6.53. The molecule has 2 heterocycles. The number of rotatable bonds is 4. The molecule has 0 radical (unpaired) electrons. The monoisotopic (exact) mass is 323 g/mol. The van der Waals surface area contributed by atoms with Gasteiger partial charge in [-0.1, -0.05) is 18.2 Å². The lowest BCUT2D eigenvalue weighted by Crippen LogP contribution is -2.06. The maximum Gasteiger partial charge on any atom is 0.263 e. The van der Waals surface area contributed by atoms with Gasteiger partial charge < -0.3 is 9.13 Å². The molecule has 0 amide bonds. The minimum atomic E-state index is -3.78. The van der Waals surface area contributed by atoms with Gasteiger partial charge in [0, 0.05) is 46.7 Å². The number of hydrogen-bond donors (Lipinski definition) is 0. The molecule has 3 aromatic rings. The lowest BCUT2D eigenvalue weighted by Gasteiger charge is -2.07. The Morgan fingerprint density at radius 1 is 1.24 bits per heavy atom. The van der Waals surface area contributed by atoms with E-state index in [-0.39, 0.29) is 4.90 Å². The van der Waals surface area contributed by atoms with Crippen LogP contribution in [0, 0.1) is 0 Å². The molecule has 21 heavy (non-hydrogen) atoms. The molecule has 0 saturated heterocycles. The molecule has 7 heteroatoms. The lowest BCUT2D eigenvalue weighted by molar-refractivity contribution is 0.609. The SMILES string of the molecule is CCn1ccnc1Cn1cc(S(=O)(=O)Cl)c2ccccc21. The van der Waals surface area contributed by atoms with E-state index >= 15 is 0 Å². The van der Waals surface area contributed by atoms with E-state index in [1.165, 1.54) is 0 Å². The summed E-state index contributed by atoms with van der Waals surface area (Å²) in [7, 11) is 1.75. The van der Waals surface area contributed by atoms with Crippen LogP contribution in [-0.4, -0.2) is 22.5 Å². The number of para-hydroxylation sites is 1. The number of imidazole rings is 1. The van der Waals surface area contributed by atoms with E-state index in [0.29, 0.717) is 11.9 Å². The highest BCUT2D eigenvalue weighted by Crippen LogP contribution is 2.28. The predicted molar refractivity (Wildman–Crippen MR) is 82.0 cm³/mol. The highest BCUT2D eigenvalue weighted by Gasteiger charge is 2.19. The number of halogens is 1. The van der Waals surface area contributed by atoms with E-state index in [4.69, 9.17) is 10.7 Å². The number of aromatic nitrogens is 3. The highest BCUT2D eigenvalue weighted by atomic mass is 35.7. The van der Waals surface area contributed by atoms with Gasteiger partial charge in [0.25, 0.3) is 9.05 Å². The molecule has 0 aliphatic heterocycles. The van der Waals surface area contributed by atoms with Gasteiger partial charge in [0.05, 0.1) is 6.54 Å². The topological polar surface area (TPSA) is 56.9 Å². The van der Waals surface area contributed by atoms with Crippen molar-refractivity contribution in [2.24, 2.45) is 0 Å². The first kappa shape index (κ1) is 14.2. The second-order valence-electron chi connectivity index (χ2n) is 4.71. The van der Waals surface area contributed by atoms with Crippen LogP contribution in [0.25, 0.3) is 10.9 Å². The summed E-state index contributed by atoms with van der Waals surface area (Å²) in [5, 5.41) is 0.627. The molecule has 0 spiro atoms. The minimum Gasteiger partial charge on any atom is -0.338 e. The number of fused-ring (bicyclic) bond motifs is 1. The Labute approximate surface area is 127 Å². The van der Waals surface area contributed by atoms with Gasteiger partial charge in [-0.3, -0.25) is 0 Å². The Morgan fingerprint density at radius 3 is 2.71 bits per heavy atom. The molecule has 110 valence electrons. The molecule has 0 bridgehead atoms. The summed E-state index contributed by atoms with van der Waals surface area (Å²) in [6, 6.07) is 7.30. The van der Waals surface area contributed by atoms with Crippen LogP contribution >= 0.6 is 10.7 Å². The van der Waals surface area contributed by atoms with Crippen molar-refractivity contribution in [3.63, 3.8) is 0 Å². The summed E-state index contributed by atoms with van der Waals surface area (Å²) in [5.41, 5.74) is 0.822. The molecule has 0 saturated carbocycles. The van der Waals surface area contributed by atoms with Gasteiger partial charge in [-0.2, -0.15) is 0 Å². The number of benzene rings is 1. The first-order valence-corrected chi connectivity index (χ1v) is 8.84. The second kappa shape index (κ2) is 5.20. The zero-order chi connectivity index (χ0) is 15.0. The lowest BCUT2D eigenvalue weighted by atomic mass is 10.2. The molecular weight excluding hydrogens is 310 g/mol. The molecule has 0 N–H and O–H groups in total. The molecule has 5 nitrogen and oxygen atoms in total. The Kier molecular flexibility index (Phi) is 3.51. The van der Waals surface area contributed by atoms with Crippen molar-refractivity contribution in [3.8, 4) is 0 Å². The fourth-order valence-electron chi connectivity index (χ4n) is 2.47. The maximum absolute atomic E-state index is 11.7. The fourth-order valence-corrected chi connectivity index (χ4v) is 3.53. The Balaban J connectivity index is 2.16. The smallest absolute Gasteiger partial charge is 0.263 e. The van der Waals surface area contributed by atoms with Crippen LogP contribution in [0.1, 0.15) is 12.7 Å². The van der Waals surface area contributed by atoms with E-state index in [9.17, 15) is 8.42 Å². The van der Waals surface area contributed by atoms with Crippen molar-refractivity contribution in [1.29, 1.82) is 0 Å². The fraction of sp³-hybridized carbons (Fsp3) is 0.214. The average molecular weight is 324 g/mol. The summed E-state index contributed by atoms with van der Waals surface area (Å²) in [6.45, 7) is 3.34. The first-order chi connectivity index (χ1) is 10.0. The third kappa shape index (κ3) is 2.56. The normalized spacial score (nSPS) is 12.1. The van der Waals surface area contributed by atoms with Crippen molar-refractivity contribution in [2.45, 2.75) is 24.9 Å². The molecule has 2 aromatic heterocycles.